The summed E-state index contributed by atoms with van der Waals surface area (Å²) in [5, 5.41) is 30.3. The zero-order valence-corrected chi connectivity index (χ0v) is 24.2. The minimum atomic E-state index is -1.41. The Morgan fingerprint density at radius 3 is 1.80 bits per heavy atom. The van der Waals surface area contributed by atoms with Crippen LogP contribution in [-0.2, 0) is 0 Å². The highest BCUT2D eigenvalue weighted by Gasteiger charge is 2.29. The normalized spacial score (nSPS) is 10.6. The number of nitrogens with one attached hydrogen (secondary N) is 1. The molecule has 14 nitrogen and oxygen atoms in total. The first-order valence-electron chi connectivity index (χ1n) is 13.0. The van der Waals surface area contributed by atoms with Crippen LogP contribution in [0.25, 0.3) is 6.08 Å². The second-order valence-corrected chi connectivity index (χ2v) is 8.53. The predicted octanol–water partition coefficient (Wildman–Crippen LogP) is 5.99. The number of nitro benzene ring substituents is 1. The first kappa shape index (κ1) is 32.4. The van der Waals surface area contributed by atoms with Gasteiger partial charge in [-0.15, -0.1) is 0 Å². The van der Waals surface area contributed by atoms with Crippen molar-refractivity contribution in [3.63, 3.8) is 0 Å². The summed E-state index contributed by atoms with van der Waals surface area (Å²) in [5.74, 6) is -1.24. The number of amidine groups is 1. The molecular formula is C30H28N4O10. The van der Waals surface area contributed by atoms with E-state index in [-0.39, 0.29) is 40.0 Å². The number of benzene rings is 3. The van der Waals surface area contributed by atoms with Crippen LogP contribution in [0.1, 0.15) is 19.4 Å². The van der Waals surface area contributed by atoms with E-state index in [1.54, 1.807) is 43.0 Å². The minimum Gasteiger partial charge on any atom is -0.493 e. The van der Waals surface area contributed by atoms with Crippen molar-refractivity contribution in [2.24, 2.45) is 0 Å². The Labute approximate surface area is 252 Å². The first-order chi connectivity index (χ1) is 21.1. The molecule has 44 heavy (non-hydrogen) atoms. The van der Waals surface area contributed by atoms with Crippen LogP contribution in [0, 0.1) is 26.9 Å². The van der Waals surface area contributed by atoms with Gasteiger partial charge in [0.05, 0.1) is 24.7 Å². The zero-order valence-electron chi connectivity index (χ0n) is 24.2. The third-order valence-corrected chi connectivity index (χ3v) is 5.92. The lowest BCUT2D eigenvalue weighted by Gasteiger charge is -2.20. The maximum absolute atomic E-state index is 12.8. The first-order valence-corrected chi connectivity index (χ1v) is 13.0. The van der Waals surface area contributed by atoms with Gasteiger partial charge < -0.3 is 33.3 Å². The molecule has 0 spiro atoms. The number of nitriles is 1. The maximum Gasteiger partial charge on any atom is 0.519 e. The van der Waals surface area contributed by atoms with Crippen molar-refractivity contribution in [2.75, 3.05) is 27.3 Å². The third kappa shape index (κ3) is 8.01. The van der Waals surface area contributed by atoms with Gasteiger partial charge in [0.15, 0.2) is 28.7 Å². The number of para-hydroxylation sites is 4. The molecule has 0 bridgehead atoms. The number of carbonyl (C=O) groups is 2. The van der Waals surface area contributed by atoms with E-state index in [4.69, 9.17) is 33.8 Å². The molecule has 0 unspecified atom stereocenters. The average Bonchev–Trinajstić information content (AvgIpc) is 3.01. The molecular weight excluding hydrogens is 576 g/mol. The fourth-order valence-electron chi connectivity index (χ4n) is 3.84. The second-order valence-electron chi connectivity index (χ2n) is 8.53. The lowest BCUT2D eigenvalue weighted by Crippen LogP contribution is -2.30. The molecule has 0 aromatic heterocycles. The molecule has 3 aromatic carbocycles. The number of likely N-dealkylation sites (N-methyl/N-ethyl adjacent to an activating group) is 1. The number of hydrogen-bond donors (Lipinski definition) is 1. The van der Waals surface area contributed by atoms with Gasteiger partial charge in [0, 0.05) is 19.2 Å². The quantitative estimate of drug-likeness (QED) is 0.0513. The fourth-order valence-corrected chi connectivity index (χ4v) is 3.84. The summed E-state index contributed by atoms with van der Waals surface area (Å²) < 4.78 is 31.2. The number of rotatable bonds is 11. The summed E-state index contributed by atoms with van der Waals surface area (Å²) in [4.78, 5) is 38.5. The molecule has 3 rings (SSSR count). The SMILES string of the molecule is CCN(CC)C(=N)/C(C#N)=C/c1cc(OC(=O)Oc2ccccc2OC)c(OC(=O)Oc2ccccc2OC)c([N+](=O)[O-])c1. The number of ether oxygens (including phenoxy) is 6. The minimum absolute atomic E-state index is 0.0179. The molecule has 1 N–H and O–H groups in total. The van der Waals surface area contributed by atoms with Crippen LogP contribution < -0.4 is 28.4 Å². The summed E-state index contributed by atoms with van der Waals surface area (Å²) in [7, 11) is 2.70. The van der Waals surface area contributed by atoms with Crippen molar-refractivity contribution < 1.29 is 42.9 Å². The van der Waals surface area contributed by atoms with Gasteiger partial charge in [-0.25, -0.2) is 9.59 Å². The van der Waals surface area contributed by atoms with Gasteiger partial charge in [-0.2, -0.15) is 5.26 Å². The summed E-state index contributed by atoms with van der Waals surface area (Å²) in [5.41, 5.74) is -0.965. The van der Waals surface area contributed by atoms with E-state index in [0.29, 0.717) is 13.1 Å². The van der Waals surface area contributed by atoms with Crippen molar-refractivity contribution in [1.82, 2.24) is 4.90 Å². The molecule has 0 saturated carbocycles. The average molecular weight is 605 g/mol. The Bertz CT molecular complexity index is 1630. The summed E-state index contributed by atoms with van der Waals surface area (Å²) >= 11 is 0. The molecule has 14 heteroatoms. The van der Waals surface area contributed by atoms with E-state index in [1.807, 2.05) is 6.07 Å². The Balaban J connectivity index is 2.09. The molecule has 0 aliphatic rings. The zero-order chi connectivity index (χ0) is 32.2. The van der Waals surface area contributed by atoms with Gasteiger partial charge in [-0.1, -0.05) is 24.3 Å². The van der Waals surface area contributed by atoms with E-state index in [1.165, 1.54) is 44.6 Å². The molecule has 0 radical (unpaired) electrons. The van der Waals surface area contributed by atoms with Crippen molar-refractivity contribution >= 4 is 29.9 Å². The van der Waals surface area contributed by atoms with Crippen molar-refractivity contribution in [3.8, 4) is 40.6 Å². The fraction of sp³-hybridized carbons (Fsp3) is 0.200. The summed E-state index contributed by atoms with van der Waals surface area (Å²) in [6.45, 7) is 4.46. The molecule has 0 aliphatic heterocycles. The van der Waals surface area contributed by atoms with Crippen LogP contribution >= 0.6 is 0 Å². The molecule has 0 fully saturated rings. The van der Waals surface area contributed by atoms with Crippen molar-refractivity contribution in [2.45, 2.75) is 13.8 Å². The van der Waals surface area contributed by atoms with Crippen LogP contribution in [0.4, 0.5) is 15.3 Å². The Morgan fingerprint density at radius 1 is 0.864 bits per heavy atom. The van der Waals surface area contributed by atoms with Gasteiger partial charge >= 0.3 is 18.0 Å². The third-order valence-electron chi connectivity index (χ3n) is 5.92. The van der Waals surface area contributed by atoms with Crippen LogP contribution in [-0.4, -0.2) is 55.3 Å². The second kappa shape index (κ2) is 15.2. The van der Waals surface area contributed by atoms with Crippen molar-refractivity contribution in [1.29, 1.82) is 10.7 Å². The van der Waals surface area contributed by atoms with Crippen LogP contribution in [0.3, 0.4) is 0 Å². The number of methoxy groups -OCH3 is 2. The Morgan fingerprint density at radius 2 is 1.34 bits per heavy atom. The topological polar surface area (TPSA) is 184 Å². The van der Waals surface area contributed by atoms with E-state index in [2.05, 4.69) is 0 Å². The highest BCUT2D eigenvalue weighted by molar-refractivity contribution is 6.03. The molecule has 0 amide bonds. The molecule has 0 atom stereocenters. The highest BCUT2D eigenvalue weighted by atomic mass is 16.8. The maximum atomic E-state index is 12.8. The predicted molar refractivity (Wildman–Crippen MR) is 157 cm³/mol. The smallest absolute Gasteiger partial charge is 0.493 e. The van der Waals surface area contributed by atoms with Gasteiger partial charge in [0.2, 0.25) is 0 Å². The molecule has 3 aromatic rings. The van der Waals surface area contributed by atoms with E-state index >= 15 is 0 Å². The Hall–Kier alpha value is -6.10. The number of nitro groups is 1. The largest absolute Gasteiger partial charge is 0.519 e. The number of hydrogen-bond acceptors (Lipinski definition) is 12. The van der Waals surface area contributed by atoms with Crippen LogP contribution in [0.15, 0.2) is 66.2 Å². The van der Waals surface area contributed by atoms with E-state index in [9.17, 15) is 25.0 Å². The standard InChI is InChI=1S/C30H28N4O10/c1-5-33(6-2)28(32)20(18-31)15-19-16-21(34(37)38)27(44-30(36)42-25-14-10-8-12-23(25)40-4)26(17-19)43-29(35)41-24-13-9-7-11-22(24)39-3/h7-17,32H,5-6H2,1-4H3/b20-15+,32-28?. The van der Waals surface area contributed by atoms with E-state index in [0.717, 1.165) is 12.1 Å². The number of carbonyl (C=O) groups excluding carboxylic acids is 2. The molecule has 0 heterocycles. The number of nitrogens with zero attached hydrogens (tertiary/aromatic N) is 3. The van der Waals surface area contributed by atoms with E-state index < -0.39 is 34.4 Å². The monoisotopic (exact) mass is 604 g/mol. The summed E-state index contributed by atoms with van der Waals surface area (Å²) in [6, 6.07) is 16.2. The highest BCUT2D eigenvalue weighted by Crippen LogP contribution is 2.40. The molecule has 228 valence electrons. The van der Waals surface area contributed by atoms with Crippen LogP contribution in [0.2, 0.25) is 0 Å². The lowest BCUT2D eigenvalue weighted by molar-refractivity contribution is -0.385. The lowest BCUT2D eigenvalue weighted by atomic mass is 10.1. The van der Waals surface area contributed by atoms with Gasteiger partial charge in [0.25, 0.3) is 5.75 Å². The van der Waals surface area contributed by atoms with Gasteiger partial charge in [0.1, 0.15) is 11.9 Å². The summed E-state index contributed by atoms with van der Waals surface area (Å²) in [6.07, 6.45) is -1.57. The van der Waals surface area contributed by atoms with Crippen LogP contribution in [0.5, 0.6) is 34.5 Å². The molecule has 0 aliphatic carbocycles. The van der Waals surface area contributed by atoms with Gasteiger partial charge in [-0.05, 0) is 55.8 Å². The molecule has 0 saturated heterocycles. The Kier molecular flexibility index (Phi) is 11.2. The van der Waals surface area contributed by atoms with Crippen molar-refractivity contribution in [3.05, 3.63) is 81.9 Å². The van der Waals surface area contributed by atoms with Gasteiger partial charge in [-0.3, -0.25) is 15.5 Å².